The summed E-state index contributed by atoms with van der Waals surface area (Å²) in [5.74, 6) is 0.593. The average molecular weight is 371 g/mol. The van der Waals surface area contributed by atoms with Crippen LogP contribution in [0.2, 0.25) is 5.02 Å². The van der Waals surface area contributed by atoms with Gasteiger partial charge < -0.3 is 10.6 Å². The van der Waals surface area contributed by atoms with Crippen LogP contribution in [0.4, 0.5) is 0 Å². The van der Waals surface area contributed by atoms with E-state index >= 15 is 0 Å². The highest BCUT2D eigenvalue weighted by atomic mass is 79.9. The van der Waals surface area contributed by atoms with Crippen LogP contribution in [0, 0.1) is 0 Å². The van der Waals surface area contributed by atoms with E-state index in [2.05, 4.69) is 37.3 Å². The molecule has 2 heterocycles. The monoisotopic (exact) mass is 369 g/mol. The zero-order chi connectivity index (χ0) is 14.1. The molecule has 0 amide bonds. The van der Waals surface area contributed by atoms with Gasteiger partial charge in [0.25, 0.3) is 0 Å². The van der Waals surface area contributed by atoms with E-state index in [0.29, 0.717) is 12.5 Å². The van der Waals surface area contributed by atoms with Crippen molar-refractivity contribution < 1.29 is 0 Å². The molecule has 1 aliphatic heterocycles. The lowest BCUT2D eigenvalue weighted by Crippen LogP contribution is -2.35. The number of hydrogen-bond acceptors (Lipinski definition) is 4. The van der Waals surface area contributed by atoms with Crippen molar-refractivity contribution in [3.63, 3.8) is 0 Å². The second-order valence-corrected chi connectivity index (χ2v) is 6.91. The number of nitrogens with zero attached hydrogens (tertiary/aromatic N) is 2. The van der Waals surface area contributed by atoms with Crippen molar-refractivity contribution in [1.82, 2.24) is 4.90 Å². The molecule has 0 aliphatic carbocycles. The molecule has 2 aromatic rings. The van der Waals surface area contributed by atoms with E-state index in [1.807, 2.05) is 24.3 Å². The van der Waals surface area contributed by atoms with Crippen LogP contribution in [0.3, 0.4) is 0 Å². The van der Waals surface area contributed by atoms with Gasteiger partial charge in [-0.1, -0.05) is 33.6 Å². The molecule has 0 radical (unpaired) electrons. The predicted octanol–water partition coefficient (Wildman–Crippen LogP) is 4.04. The first-order valence-corrected chi connectivity index (χ1v) is 8.24. The number of nitrogens with two attached hydrogens (primary N) is 1. The largest absolute Gasteiger partial charge is 0.370 e. The summed E-state index contributed by atoms with van der Waals surface area (Å²) in [7, 11) is 0. The fourth-order valence-corrected chi connectivity index (χ4v) is 3.72. The molecule has 0 bridgehead atoms. The third kappa shape index (κ3) is 2.71. The summed E-state index contributed by atoms with van der Waals surface area (Å²) in [6, 6.07) is 10.1. The maximum Gasteiger partial charge on any atom is 0.192 e. The number of hydrogen-bond donors (Lipinski definition) is 1. The summed E-state index contributed by atoms with van der Waals surface area (Å²) in [5.41, 5.74) is 7.17. The Bertz CT molecular complexity index is 642. The molecule has 1 atom stereocenters. The highest BCUT2D eigenvalue weighted by Crippen LogP contribution is 2.34. The van der Waals surface area contributed by atoms with Gasteiger partial charge >= 0.3 is 0 Å². The van der Waals surface area contributed by atoms with Gasteiger partial charge in [-0.3, -0.25) is 4.99 Å². The zero-order valence-electron chi connectivity index (χ0n) is 10.6. The molecule has 2 N–H and O–H groups in total. The van der Waals surface area contributed by atoms with Gasteiger partial charge in [-0.15, -0.1) is 11.3 Å². The standard InChI is InChI=1S/C14H13BrClN3S/c15-12-4-3-9(16)6-11(12)13-7-18-14(17)19(13)8-10-2-1-5-20-10/h1-6,13H,7-8H2,(H2,17,18). The molecule has 104 valence electrons. The van der Waals surface area contributed by atoms with Crippen LogP contribution in [0.5, 0.6) is 0 Å². The minimum atomic E-state index is 0.130. The lowest BCUT2D eigenvalue weighted by molar-refractivity contribution is 0.342. The summed E-state index contributed by atoms with van der Waals surface area (Å²) in [6.07, 6.45) is 0. The fourth-order valence-electron chi connectivity index (χ4n) is 2.33. The van der Waals surface area contributed by atoms with E-state index in [1.54, 1.807) is 11.3 Å². The summed E-state index contributed by atoms with van der Waals surface area (Å²) in [4.78, 5) is 7.79. The smallest absolute Gasteiger partial charge is 0.192 e. The number of guanidine groups is 1. The molecule has 1 aromatic heterocycles. The van der Waals surface area contributed by atoms with Crippen LogP contribution in [-0.2, 0) is 6.54 Å². The normalized spacial score (nSPS) is 18.4. The Morgan fingerprint density at radius 2 is 2.30 bits per heavy atom. The van der Waals surface area contributed by atoms with Gasteiger partial charge in [0.05, 0.1) is 19.1 Å². The van der Waals surface area contributed by atoms with Gasteiger partial charge in [0.2, 0.25) is 0 Å². The Hall–Kier alpha value is -1.04. The summed E-state index contributed by atoms with van der Waals surface area (Å²) in [6.45, 7) is 1.44. The molecule has 0 fully saturated rings. The van der Waals surface area contributed by atoms with Crippen molar-refractivity contribution >= 4 is 44.8 Å². The van der Waals surface area contributed by atoms with Gasteiger partial charge in [-0.05, 0) is 35.2 Å². The first kappa shape index (κ1) is 13.9. The van der Waals surface area contributed by atoms with E-state index < -0.39 is 0 Å². The lowest BCUT2D eigenvalue weighted by Gasteiger charge is -2.27. The molecule has 1 aliphatic rings. The Morgan fingerprint density at radius 3 is 3.05 bits per heavy atom. The van der Waals surface area contributed by atoms with Crippen LogP contribution >= 0.6 is 38.9 Å². The Labute approximate surface area is 135 Å². The van der Waals surface area contributed by atoms with E-state index in [9.17, 15) is 0 Å². The van der Waals surface area contributed by atoms with Gasteiger partial charge in [0, 0.05) is 14.4 Å². The molecule has 3 nitrogen and oxygen atoms in total. The Kier molecular flexibility index (Phi) is 4.01. The number of aliphatic imine (C=N–C) groups is 1. The van der Waals surface area contributed by atoms with Crippen molar-refractivity contribution in [3.05, 3.63) is 55.6 Å². The number of thiophene rings is 1. The zero-order valence-corrected chi connectivity index (χ0v) is 13.8. The maximum atomic E-state index is 6.12. The fraction of sp³-hybridized carbons (Fsp3) is 0.214. The van der Waals surface area contributed by atoms with E-state index in [-0.39, 0.29) is 6.04 Å². The van der Waals surface area contributed by atoms with E-state index in [1.165, 1.54) is 4.88 Å². The minimum absolute atomic E-state index is 0.130. The SMILES string of the molecule is NC1=NCC(c2cc(Cl)ccc2Br)N1Cc1cccs1. The quantitative estimate of drug-likeness (QED) is 0.886. The average Bonchev–Trinajstić information content (AvgIpc) is 3.05. The highest BCUT2D eigenvalue weighted by Gasteiger charge is 2.29. The molecule has 1 aromatic carbocycles. The summed E-state index contributed by atoms with van der Waals surface area (Å²) in [5, 5.41) is 2.80. The van der Waals surface area contributed by atoms with Gasteiger partial charge in [-0.2, -0.15) is 0 Å². The predicted molar refractivity (Wildman–Crippen MR) is 88.2 cm³/mol. The molecular weight excluding hydrogens is 358 g/mol. The van der Waals surface area contributed by atoms with Crippen molar-refractivity contribution in [1.29, 1.82) is 0 Å². The molecule has 0 spiro atoms. The van der Waals surface area contributed by atoms with Crippen molar-refractivity contribution in [2.75, 3.05) is 6.54 Å². The lowest BCUT2D eigenvalue weighted by atomic mass is 10.1. The molecule has 6 heteroatoms. The van der Waals surface area contributed by atoms with Crippen molar-refractivity contribution in [2.45, 2.75) is 12.6 Å². The molecule has 20 heavy (non-hydrogen) atoms. The number of benzene rings is 1. The number of rotatable bonds is 3. The first-order chi connectivity index (χ1) is 9.65. The van der Waals surface area contributed by atoms with Gasteiger partial charge in [0.1, 0.15) is 0 Å². The molecule has 3 rings (SSSR count). The summed E-state index contributed by atoms with van der Waals surface area (Å²) >= 11 is 11.4. The van der Waals surface area contributed by atoms with E-state index in [4.69, 9.17) is 17.3 Å². The van der Waals surface area contributed by atoms with Crippen molar-refractivity contribution in [2.24, 2.45) is 10.7 Å². The van der Waals surface area contributed by atoms with Gasteiger partial charge in [0.15, 0.2) is 5.96 Å². The van der Waals surface area contributed by atoms with Crippen LogP contribution < -0.4 is 5.73 Å². The minimum Gasteiger partial charge on any atom is -0.370 e. The Morgan fingerprint density at radius 1 is 1.45 bits per heavy atom. The summed E-state index contributed by atoms with van der Waals surface area (Å²) < 4.78 is 1.04. The third-order valence-electron chi connectivity index (χ3n) is 3.32. The van der Waals surface area contributed by atoms with Crippen LogP contribution in [0.15, 0.2) is 45.2 Å². The van der Waals surface area contributed by atoms with Crippen LogP contribution in [0.1, 0.15) is 16.5 Å². The molecule has 1 unspecified atom stereocenters. The second-order valence-electron chi connectivity index (χ2n) is 4.59. The van der Waals surface area contributed by atoms with Crippen LogP contribution in [0.25, 0.3) is 0 Å². The van der Waals surface area contributed by atoms with E-state index in [0.717, 1.165) is 21.6 Å². The Balaban J connectivity index is 1.90. The number of halogens is 2. The maximum absolute atomic E-state index is 6.12. The second kappa shape index (κ2) is 5.76. The first-order valence-electron chi connectivity index (χ1n) is 6.19. The molecule has 0 saturated heterocycles. The third-order valence-corrected chi connectivity index (χ3v) is 5.14. The molecule has 0 saturated carbocycles. The topological polar surface area (TPSA) is 41.6 Å². The van der Waals surface area contributed by atoms with Gasteiger partial charge in [-0.25, -0.2) is 0 Å². The van der Waals surface area contributed by atoms with Crippen LogP contribution in [-0.4, -0.2) is 17.4 Å². The highest BCUT2D eigenvalue weighted by molar-refractivity contribution is 9.10. The molecular formula is C14H13BrClN3S. The van der Waals surface area contributed by atoms with Crippen molar-refractivity contribution in [3.8, 4) is 0 Å².